The molecule has 45 heavy (non-hydrogen) atoms. The minimum atomic E-state index is -1.23. The summed E-state index contributed by atoms with van der Waals surface area (Å²) in [6, 6.07) is 17.3. The van der Waals surface area contributed by atoms with E-state index in [1.165, 1.54) is 23.1 Å². The maximum atomic E-state index is 14.8. The van der Waals surface area contributed by atoms with Crippen molar-refractivity contribution in [1.82, 2.24) is 10.2 Å². The van der Waals surface area contributed by atoms with Gasteiger partial charge in [0, 0.05) is 23.7 Å². The van der Waals surface area contributed by atoms with Crippen LogP contribution in [0.2, 0.25) is 0 Å². The van der Waals surface area contributed by atoms with Gasteiger partial charge >= 0.3 is 6.09 Å². The average Bonchev–Trinajstić information content (AvgIpc) is 2.95. The first-order valence-corrected chi connectivity index (χ1v) is 15.4. The summed E-state index contributed by atoms with van der Waals surface area (Å²) in [7, 11) is 0. The van der Waals surface area contributed by atoms with Crippen molar-refractivity contribution < 1.29 is 29.3 Å². The van der Waals surface area contributed by atoms with Crippen LogP contribution in [0.1, 0.15) is 77.1 Å². The Hall–Kier alpha value is -4.53. The second kappa shape index (κ2) is 15.5. The van der Waals surface area contributed by atoms with Crippen LogP contribution < -0.4 is 10.6 Å². The van der Waals surface area contributed by atoms with E-state index in [1.807, 2.05) is 32.0 Å². The third kappa shape index (κ3) is 10.3. The number of ether oxygens (including phenoxy) is 1. The number of carbonyl (C=O) groups is 3. The highest BCUT2D eigenvalue weighted by Gasteiger charge is 2.40. The molecule has 9 heteroatoms. The summed E-state index contributed by atoms with van der Waals surface area (Å²) in [4.78, 5) is 43.6. The standard InChI is InChI=1S/C36H47N3O6/c1-23(2)16-17-25(4)39(32(28-13-9-11-15-31(28)41)33(42)37-29-14-10-8-12-24(29)3)34(43)30(38-35(44)45-36(5,6)7)22-26-18-20-27(40)21-19-26/h8-15,18-21,23,25,30,32,40-41H,16-17,22H2,1-7H3,(H,37,42)(H,38,44). The van der Waals surface area contributed by atoms with Crippen LogP contribution in [0.15, 0.2) is 72.8 Å². The number of rotatable bonds is 12. The van der Waals surface area contributed by atoms with Crippen molar-refractivity contribution in [3.8, 4) is 11.5 Å². The van der Waals surface area contributed by atoms with Crippen LogP contribution in [0.4, 0.5) is 10.5 Å². The SMILES string of the molecule is Cc1ccccc1NC(=O)C(c1ccccc1O)N(C(=O)C(Cc1ccc(O)cc1)NC(=O)OC(C)(C)C)C(C)CCC(C)C. The number of carbonyl (C=O) groups excluding carboxylic acids is 3. The highest BCUT2D eigenvalue weighted by Crippen LogP contribution is 2.34. The van der Waals surface area contributed by atoms with Crippen molar-refractivity contribution in [2.24, 2.45) is 5.92 Å². The van der Waals surface area contributed by atoms with Crippen molar-refractivity contribution in [2.75, 3.05) is 5.32 Å². The van der Waals surface area contributed by atoms with E-state index in [4.69, 9.17) is 4.74 Å². The summed E-state index contributed by atoms with van der Waals surface area (Å²) >= 11 is 0. The molecule has 0 saturated carbocycles. The molecule has 3 amide bonds. The number of amides is 3. The Kier molecular flexibility index (Phi) is 12.0. The molecule has 0 aromatic heterocycles. The second-order valence-electron chi connectivity index (χ2n) is 12.9. The predicted octanol–water partition coefficient (Wildman–Crippen LogP) is 6.88. The fourth-order valence-corrected chi connectivity index (χ4v) is 5.06. The number of benzene rings is 3. The van der Waals surface area contributed by atoms with E-state index < -0.39 is 41.6 Å². The molecule has 0 fully saturated rings. The molecule has 3 aromatic rings. The first kappa shape index (κ1) is 35.0. The van der Waals surface area contributed by atoms with Crippen molar-refractivity contribution in [3.63, 3.8) is 0 Å². The molecule has 0 bridgehead atoms. The second-order valence-corrected chi connectivity index (χ2v) is 12.9. The van der Waals surface area contributed by atoms with Gasteiger partial charge in [-0.1, -0.05) is 62.4 Å². The number of hydrogen-bond donors (Lipinski definition) is 4. The number of aromatic hydroxyl groups is 2. The summed E-state index contributed by atoms with van der Waals surface area (Å²) in [5.74, 6) is -0.749. The summed E-state index contributed by atoms with van der Waals surface area (Å²) in [5.41, 5.74) is 1.54. The maximum Gasteiger partial charge on any atom is 0.408 e. The smallest absolute Gasteiger partial charge is 0.408 e. The minimum Gasteiger partial charge on any atom is -0.508 e. The Morgan fingerprint density at radius 2 is 1.49 bits per heavy atom. The van der Waals surface area contributed by atoms with E-state index >= 15 is 0 Å². The zero-order valence-electron chi connectivity index (χ0n) is 27.3. The lowest BCUT2D eigenvalue weighted by Crippen LogP contribution is -2.55. The molecule has 0 radical (unpaired) electrons. The fraction of sp³-hybridized carbons (Fsp3) is 0.417. The van der Waals surface area contributed by atoms with Crippen LogP contribution in [0.3, 0.4) is 0 Å². The van der Waals surface area contributed by atoms with Gasteiger partial charge in [0.2, 0.25) is 5.91 Å². The molecule has 3 atom stereocenters. The third-order valence-corrected chi connectivity index (χ3v) is 7.42. The Morgan fingerprint density at radius 1 is 0.867 bits per heavy atom. The molecule has 242 valence electrons. The normalized spacial score (nSPS) is 13.4. The van der Waals surface area contributed by atoms with Gasteiger partial charge < -0.3 is 30.5 Å². The lowest BCUT2D eigenvalue weighted by atomic mass is 9.95. The van der Waals surface area contributed by atoms with E-state index in [-0.39, 0.29) is 23.5 Å². The van der Waals surface area contributed by atoms with Crippen LogP contribution >= 0.6 is 0 Å². The number of phenols is 2. The summed E-state index contributed by atoms with van der Waals surface area (Å²) in [5, 5.41) is 26.6. The average molecular weight is 618 g/mol. The highest BCUT2D eigenvalue weighted by molar-refractivity contribution is 6.00. The molecular weight excluding hydrogens is 570 g/mol. The van der Waals surface area contributed by atoms with E-state index in [1.54, 1.807) is 57.2 Å². The number of alkyl carbamates (subject to hydrolysis) is 1. The molecule has 3 aromatic carbocycles. The molecule has 9 nitrogen and oxygen atoms in total. The van der Waals surface area contributed by atoms with E-state index in [9.17, 15) is 24.6 Å². The van der Waals surface area contributed by atoms with Gasteiger partial charge in [0.25, 0.3) is 5.91 Å². The highest BCUT2D eigenvalue weighted by atomic mass is 16.6. The zero-order valence-corrected chi connectivity index (χ0v) is 27.3. The van der Waals surface area contributed by atoms with Gasteiger partial charge in [-0.2, -0.15) is 0 Å². The van der Waals surface area contributed by atoms with Gasteiger partial charge in [-0.15, -0.1) is 0 Å². The molecule has 4 N–H and O–H groups in total. The molecule has 0 heterocycles. The Balaban J connectivity index is 2.15. The van der Waals surface area contributed by atoms with Crippen LogP contribution in [-0.2, 0) is 20.7 Å². The summed E-state index contributed by atoms with van der Waals surface area (Å²) in [6.07, 6.45) is 0.639. The molecule has 0 saturated heterocycles. The third-order valence-electron chi connectivity index (χ3n) is 7.42. The number of hydrogen-bond acceptors (Lipinski definition) is 6. The Labute approximate surface area is 266 Å². The molecule has 3 rings (SSSR count). The van der Waals surface area contributed by atoms with Crippen LogP contribution in [-0.4, -0.2) is 50.7 Å². The molecule has 0 aliphatic carbocycles. The summed E-state index contributed by atoms with van der Waals surface area (Å²) < 4.78 is 5.52. The molecular formula is C36H47N3O6. The number of phenolic OH excluding ortho intramolecular Hbond substituents is 2. The van der Waals surface area contributed by atoms with Crippen LogP contribution in [0.25, 0.3) is 0 Å². The van der Waals surface area contributed by atoms with Gasteiger partial charge in [0.15, 0.2) is 0 Å². The van der Waals surface area contributed by atoms with Gasteiger partial charge in [-0.05, 0) is 88.8 Å². The molecule has 0 aliphatic rings. The lowest BCUT2D eigenvalue weighted by Gasteiger charge is -2.39. The first-order valence-electron chi connectivity index (χ1n) is 15.4. The predicted molar refractivity (Wildman–Crippen MR) is 176 cm³/mol. The number of nitrogens with zero attached hydrogens (tertiary/aromatic N) is 1. The Morgan fingerprint density at radius 3 is 2.09 bits per heavy atom. The van der Waals surface area contributed by atoms with E-state index in [0.29, 0.717) is 23.6 Å². The monoisotopic (exact) mass is 617 g/mol. The molecule has 0 aliphatic heterocycles. The quantitative estimate of drug-likeness (QED) is 0.176. The molecule has 0 spiro atoms. The number of nitrogens with one attached hydrogen (secondary N) is 2. The summed E-state index contributed by atoms with van der Waals surface area (Å²) in [6.45, 7) is 13.1. The Bertz CT molecular complexity index is 1450. The van der Waals surface area contributed by atoms with Crippen molar-refractivity contribution >= 4 is 23.6 Å². The fourth-order valence-electron chi connectivity index (χ4n) is 5.06. The maximum absolute atomic E-state index is 14.8. The van der Waals surface area contributed by atoms with Crippen molar-refractivity contribution in [3.05, 3.63) is 89.5 Å². The van der Waals surface area contributed by atoms with Crippen LogP contribution in [0.5, 0.6) is 11.5 Å². The van der Waals surface area contributed by atoms with Gasteiger partial charge in [0.1, 0.15) is 29.2 Å². The molecule has 3 unspecified atom stereocenters. The van der Waals surface area contributed by atoms with Gasteiger partial charge in [0.05, 0.1) is 0 Å². The van der Waals surface area contributed by atoms with Gasteiger partial charge in [-0.25, -0.2) is 4.79 Å². The zero-order chi connectivity index (χ0) is 33.3. The van der Waals surface area contributed by atoms with Crippen molar-refractivity contribution in [2.45, 2.75) is 91.5 Å². The van der Waals surface area contributed by atoms with Gasteiger partial charge in [-0.3, -0.25) is 9.59 Å². The van der Waals surface area contributed by atoms with Crippen LogP contribution in [0, 0.1) is 12.8 Å². The number of anilines is 1. The largest absolute Gasteiger partial charge is 0.508 e. The van der Waals surface area contributed by atoms with Crippen molar-refractivity contribution in [1.29, 1.82) is 0 Å². The van der Waals surface area contributed by atoms with E-state index in [0.717, 1.165) is 12.0 Å². The lowest BCUT2D eigenvalue weighted by molar-refractivity contribution is -0.143. The first-order chi connectivity index (χ1) is 21.2. The topological polar surface area (TPSA) is 128 Å². The number of para-hydroxylation sites is 2. The minimum absolute atomic E-state index is 0.0677. The van der Waals surface area contributed by atoms with E-state index in [2.05, 4.69) is 24.5 Å². The number of aryl methyl sites for hydroxylation is 1.